The van der Waals surface area contributed by atoms with E-state index in [-0.39, 0.29) is 13.1 Å². The van der Waals surface area contributed by atoms with Crippen LogP contribution in [-0.2, 0) is 20.9 Å². The largest absolute Gasteiger partial charge is 0.497 e. The molecular weight excluding hydrogens is 314 g/mol. The van der Waals surface area contributed by atoms with Gasteiger partial charge < -0.3 is 24.6 Å². The zero-order valence-electron chi connectivity index (χ0n) is 14.1. The molecule has 0 saturated carbocycles. The van der Waals surface area contributed by atoms with Gasteiger partial charge in [0, 0.05) is 13.1 Å². The van der Waals surface area contributed by atoms with Gasteiger partial charge in [0.15, 0.2) is 12.2 Å². The lowest BCUT2D eigenvalue weighted by Gasteiger charge is -2.27. The van der Waals surface area contributed by atoms with E-state index in [1.165, 1.54) is 4.90 Å². The standard InChI is InChI=1S/C17H23NO6/c1-11(2)9-18(10-12-5-7-13(23-3)8-6-12)16(21)14(19)15(20)17(22)24-4/h5-8,14-15,19-20H,1,9-10H2,2-4H3/t14-,15-/m1/s1. The average Bonchev–Trinajstić information content (AvgIpc) is 2.58. The molecule has 0 saturated heterocycles. The Balaban J connectivity index is 2.92. The predicted molar refractivity (Wildman–Crippen MR) is 87.3 cm³/mol. The maximum Gasteiger partial charge on any atom is 0.338 e. The highest BCUT2D eigenvalue weighted by Crippen LogP contribution is 2.15. The highest BCUT2D eigenvalue weighted by molar-refractivity contribution is 5.88. The number of hydrogen-bond donors (Lipinski definition) is 2. The molecule has 0 unspecified atom stereocenters. The van der Waals surface area contributed by atoms with Crippen molar-refractivity contribution in [2.24, 2.45) is 0 Å². The van der Waals surface area contributed by atoms with Gasteiger partial charge in [0.25, 0.3) is 5.91 Å². The van der Waals surface area contributed by atoms with Gasteiger partial charge in [-0.3, -0.25) is 4.79 Å². The molecule has 2 N–H and O–H groups in total. The maximum absolute atomic E-state index is 12.4. The zero-order chi connectivity index (χ0) is 18.3. The molecule has 1 rings (SSSR count). The number of methoxy groups -OCH3 is 2. The Labute approximate surface area is 141 Å². The van der Waals surface area contributed by atoms with Gasteiger partial charge in [0.05, 0.1) is 14.2 Å². The van der Waals surface area contributed by atoms with Crippen LogP contribution in [0.2, 0.25) is 0 Å². The Morgan fingerprint density at radius 2 is 1.75 bits per heavy atom. The number of aliphatic hydroxyl groups excluding tert-OH is 2. The molecule has 0 aliphatic rings. The minimum Gasteiger partial charge on any atom is -0.497 e. The van der Waals surface area contributed by atoms with Crippen molar-refractivity contribution in [1.29, 1.82) is 0 Å². The fourth-order valence-electron chi connectivity index (χ4n) is 2.06. The molecule has 0 bridgehead atoms. The Hall–Kier alpha value is -2.38. The van der Waals surface area contributed by atoms with Crippen molar-refractivity contribution < 1.29 is 29.3 Å². The molecule has 0 aromatic heterocycles. The van der Waals surface area contributed by atoms with Crippen LogP contribution in [0.15, 0.2) is 36.4 Å². The van der Waals surface area contributed by atoms with E-state index in [0.717, 1.165) is 12.7 Å². The van der Waals surface area contributed by atoms with E-state index < -0.39 is 24.1 Å². The maximum atomic E-state index is 12.4. The number of aliphatic hydroxyl groups is 2. The van der Waals surface area contributed by atoms with E-state index in [1.807, 2.05) is 0 Å². The van der Waals surface area contributed by atoms with Crippen molar-refractivity contribution in [3.8, 4) is 5.75 Å². The minimum absolute atomic E-state index is 0.176. The highest BCUT2D eigenvalue weighted by Gasteiger charge is 2.34. The van der Waals surface area contributed by atoms with Crippen LogP contribution < -0.4 is 4.74 Å². The number of ether oxygens (including phenoxy) is 2. The van der Waals surface area contributed by atoms with Crippen LogP contribution in [-0.4, -0.2) is 60.0 Å². The van der Waals surface area contributed by atoms with E-state index >= 15 is 0 Å². The molecule has 1 amide bonds. The first-order valence-corrected chi connectivity index (χ1v) is 7.30. The molecule has 1 aromatic rings. The Bertz CT molecular complexity index is 583. The monoisotopic (exact) mass is 337 g/mol. The molecule has 7 heteroatoms. The molecule has 132 valence electrons. The number of rotatable bonds is 8. The van der Waals surface area contributed by atoms with Gasteiger partial charge >= 0.3 is 5.97 Å². The van der Waals surface area contributed by atoms with Crippen LogP contribution in [0.5, 0.6) is 5.75 Å². The second-order valence-electron chi connectivity index (χ2n) is 5.41. The van der Waals surface area contributed by atoms with E-state index in [0.29, 0.717) is 11.3 Å². The van der Waals surface area contributed by atoms with Crippen LogP contribution in [0.4, 0.5) is 0 Å². The van der Waals surface area contributed by atoms with Crippen LogP contribution in [0.1, 0.15) is 12.5 Å². The summed E-state index contributed by atoms with van der Waals surface area (Å²) in [7, 11) is 2.61. The zero-order valence-corrected chi connectivity index (χ0v) is 14.1. The number of benzene rings is 1. The Morgan fingerprint density at radius 3 is 2.21 bits per heavy atom. The first-order chi connectivity index (χ1) is 11.3. The first-order valence-electron chi connectivity index (χ1n) is 7.30. The summed E-state index contributed by atoms with van der Waals surface area (Å²) >= 11 is 0. The van der Waals surface area contributed by atoms with Gasteiger partial charge in [-0.2, -0.15) is 0 Å². The molecule has 7 nitrogen and oxygen atoms in total. The van der Waals surface area contributed by atoms with Crippen LogP contribution >= 0.6 is 0 Å². The molecular formula is C17H23NO6. The lowest BCUT2D eigenvalue weighted by atomic mass is 10.1. The van der Waals surface area contributed by atoms with Crippen molar-refractivity contribution in [3.05, 3.63) is 42.0 Å². The third kappa shape index (κ3) is 5.36. The van der Waals surface area contributed by atoms with Gasteiger partial charge in [-0.05, 0) is 24.6 Å². The van der Waals surface area contributed by atoms with Gasteiger partial charge in [-0.25, -0.2) is 4.79 Å². The third-order valence-corrected chi connectivity index (χ3v) is 3.30. The molecule has 0 radical (unpaired) electrons. The SMILES string of the molecule is C=C(C)CN(Cc1ccc(OC)cc1)C(=O)[C@H](O)[C@@H](O)C(=O)OC. The molecule has 0 fully saturated rings. The van der Waals surface area contributed by atoms with Gasteiger partial charge in [-0.15, -0.1) is 0 Å². The topological polar surface area (TPSA) is 96.3 Å². The number of hydrogen-bond acceptors (Lipinski definition) is 6. The summed E-state index contributed by atoms with van der Waals surface area (Å²) in [4.78, 5) is 25.0. The molecule has 0 spiro atoms. The highest BCUT2D eigenvalue weighted by atomic mass is 16.5. The summed E-state index contributed by atoms with van der Waals surface area (Å²) < 4.78 is 9.41. The lowest BCUT2D eigenvalue weighted by molar-refractivity contribution is -0.164. The van der Waals surface area contributed by atoms with Crippen molar-refractivity contribution in [2.45, 2.75) is 25.7 Å². The number of nitrogens with zero attached hydrogens (tertiary/aromatic N) is 1. The van der Waals surface area contributed by atoms with Gasteiger partial charge in [-0.1, -0.05) is 24.3 Å². The van der Waals surface area contributed by atoms with Crippen molar-refractivity contribution in [2.75, 3.05) is 20.8 Å². The molecule has 24 heavy (non-hydrogen) atoms. The number of carbonyl (C=O) groups is 2. The molecule has 1 aromatic carbocycles. The molecule has 0 aliphatic carbocycles. The summed E-state index contributed by atoms with van der Waals surface area (Å²) in [5.74, 6) is -1.18. The number of esters is 1. The van der Waals surface area contributed by atoms with E-state index in [9.17, 15) is 19.8 Å². The lowest BCUT2D eigenvalue weighted by Crippen LogP contribution is -2.48. The van der Waals surface area contributed by atoms with Gasteiger partial charge in [0.1, 0.15) is 5.75 Å². The fourth-order valence-corrected chi connectivity index (χ4v) is 2.06. The summed E-state index contributed by atoms with van der Waals surface area (Å²) in [6.07, 6.45) is -3.85. The normalized spacial score (nSPS) is 12.9. The fraction of sp³-hybridized carbons (Fsp3) is 0.412. The Morgan fingerprint density at radius 1 is 1.17 bits per heavy atom. The smallest absolute Gasteiger partial charge is 0.338 e. The summed E-state index contributed by atoms with van der Waals surface area (Å²) in [5.41, 5.74) is 1.49. The molecule has 0 heterocycles. The van der Waals surface area contributed by atoms with E-state index in [1.54, 1.807) is 38.3 Å². The summed E-state index contributed by atoms with van der Waals surface area (Å²) in [6.45, 7) is 5.84. The summed E-state index contributed by atoms with van der Waals surface area (Å²) in [5, 5.41) is 19.6. The van der Waals surface area contributed by atoms with E-state index in [4.69, 9.17) is 4.74 Å². The first kappa shape index (κ1) is 19.7. The summed E-state index contributed by atoms with van der Waals surface area (Å²) in [6, 6.07) is 7.05. The molecule has 2 atom stereocenters. The van der Waals surface area contributed by atoms with Gasteiger partial charge in [0.2, 0.25) is 0 Å². The van der Waals surface area contributed by atoms with Crippen LogP contribution in [0.25, 0.3) is 0 Å². The third-order valence-electron chi connectivity index (χ3n) is 3.30. The quantitative estimate of drug-likeness (QED) is 0.529. The minimum atomic E-state index is -1.94. The Kier molecular flexibility index (Phi) is 7.41. The second-order valence-corrected chi connectivity index (χ2v) is 5.41. The average molecular weight is 337 g/mol. The van der Waals surface area contributed by atoms with Crippen molar-refractivity contribution in [3.63, 3.8) is 0 Å². The number of amides is 1. The van der Waals surface area contributed by atoms with E-state index in [2.05, 4.69) is 11.3 Å². The number of carbonyl (C=O) groups excluding carboxylic acids is 2. The second kappa shape index (κ2) is 9.05. The van der Waals surface area contributed by atoms with Crippen LogP contribution in [0, 0.1) is 0 Å². The van der Waals surface area contributed by atoms with Crippen molar-refractivity contribution in [1.82, 2.24) is 4.90 Å². The van der Waals surface area contributed by atoms with Crippen molar-refractivity contribution >= 4 is 11.9 Å². The predicted octanol–water partition coefficient (Wildman–Crippen LogP) is 0.495. The molecule has 0 aliphatic heterocycles. The van der Waals surface area contributed by atoms with Crippen LogP contribution in [0.3, 0.4) is 0 Å².